The number of hydrogen-bond acceptors (Lipinski definition) is 8. The van der Waals surface area contributed by atoms with E-state index in [9.17, 15) is 18.0 Å². The van der Waals surface area contributed by atoms with Gasteiger partial charge in [0.1, 0.15) is 0 Å². The lowest BCUT2D eigenvalue weighted by Crippen LogP contribution is -2.44. The van der Waals surface area contributed by atoms with E-state index in [1.165, 1.54) is 28.9 Å². The Morgan fingerprint density at radius 2 is 1.80 bits per heavy atom. The Kier molecular flexibility index (Phi) is 8.05. The van der Waals surface area contributed by atoms with Crippen LogP contribution in [0.2, 0.25) is 0 Å². The summed E-state index contributed by atoms with van der Waals surface area (Å²) in [6.45, 7) is 4.89. The van der Waals surface area contributed by atoms with Gasteiger partial charge in [-0.3, -0.25) is 19.4 Å². The maximum atomic E-state index is 14.0. The Morgan fingerprint density at radius 1 is 1.00 bits per heavy atom. The van der Waals surface area contributed by atoms with Gasteiger partial charge in [0.15, 0.2) is 5.65 Å². The summed E-state index contributed by atoms with van der Waals surface area (Å²) in [5.41, 5.74) is 2.56. The van der Waals surface area contributed by atoms with E-state index < -0.39 is 17.6 Å². The highest BCUT2D eigenvalue weighted by atomic mass is 19.4. The molecule has 1 N–H and O–H groups in total. The fourth-order valence-electron chi connectivity index (χ4n) is 4.99. The predicted molar refractivity (Wildman–Crippen MR) is 160 cm³/mol. The fourth-order valence-corrected chi connectivity index (χ4v) is 4.99. The summed E-state index contributed by atoms with van der Waals surface area (Å²) in [5, 5.41) is 19.6. The molecule has 1 aliphatic rings. The first-order chi connectivity index (χ1) is 21.5. The van der Waals surface area contributed by atoms with Crippen molar-refractivity contribution >= 4 is 17.2 Å². The van der Waals surface area contributed by atoms with Gasteiger partial charge in [-0.05, 0) is 55.8 Å². The topological polar surface area (TPSA) is 109 Å². The summed E-state index contributed by atoms with van der Waals surface area (Å²) in [4.78, 5) is 21.5. The Bertz CT molecular complexity index is 1940. The monoisotopic (exact) mass is 614 g/mol. The third-order valence-corrected chi connectivity index (χ3v) is 7.58. The normalized spacial score (nSPS) is 14.4. The molecule has 5 aromatic rings. The molecular weight excluding hydrogens is 585 g/mol. The Morgan fingerprint density at radius 3 is 2.53 bits per heavy atom. The first-order valence-electron chi connectivity index (χ1n) is 14.2. The molecule has 0 bridgehead atoms. The number of benzene rings is 1. The number of halogens is 3. The van der Waals surface area contributed by atoms with Crippen LogP contribution in [0.5, 0.6) is 0 Å². The third-order valence-electron chi connectivity index (χ3n) is 7.58. The van der Waals surface area contributed by atoms with Crippen molar-refractivity contribution in [1.82, 2.24) is 44.4 Å². The largest absolute Gasteiger partial charge is 0.416 e. The summed E-state index contributed by atoms with van der Waals surface area (Å²) < 4.78 is 45.3. The Labute approximate surface area is 256 Å². The zero-order chi connectivity index (χ0) is 31.7. The van der Waals surface area contributed by atoms with Gasteiger partial charge in [-0.25, -0.2) is 0 Å². The van der Waals surface area contributed by atoms with Crippen molar-refractivity contribution in [2.24, 2.45) is 7.05 Å². The fraction of sp³-hybridized carbons (Fsp3) is 0.290. The molecule has 0 aliphatic carbocycles. The minimum Gasteiger partial charge on any atom is -0.322 e. The molecule has 0 atom stereocenters. The van der Waals surface area contributed by atoms with Crippen LogP contribution in [-0.4, -0.2) is 83.5 Å². The molecule has 45 heavy (non-hydrogen) atoms. The lowest BCUT2D eigenvalue weighted by Gasteiger charge is -2.33. The van der Waals surface area contributed by atoms with Crippen LogP contribution < -0.4 is 5.32 Å². The second-order valence-electron chi connectivity index (χ2n) is 10.9. The molecule has 230 valence electrons. The van der Waals surface area contributed by atoms with Crippen molar-refractivity contribution in [2.45, 2.75) is 19.6 Å². The quantitative estimate of drug-likeness (QED) is 0.299. The van der Waals surface area contributed by atoms with Crippen molar-refractivity contribution in [3.05, 3.63) is 88.8 Å². The summed E-state index contributed by atoms with van der Waals surface area (Å²) in [6.07, 6.45) is 0.317. The van der Waals surface area contributed by atoms with Crippen molar-refractivity contribution in [3.63, 3.8) is 0 Å². The highest BCUT2D eigenvalue weighted by molar-refractivity contribution is 6.04. The SMILES string of the molecule is Cc1ncc(C(=O)Nc2ccc(CN3CCN(C)CC3)c(C(F)(F)F)c2)cc1C#Cc1nnc2ccc(-c3cnn(C)c3)nn12. The molecule has 1 amide bonds. The molecule has 1 fully saturated rings. The smallest absolute Gasteiger partial charge is 0.322 e. The van der Waals surface area contributed by atoms with Gasteiger partial charge in [0.2, 0.25) is 5.82 Å². The number of alkyl halides is 3. The summed E-state index contributed by atoms with van der Waals surface area (Å²) in [6, 6.07) is 9.02. The number of anilines is 1. The molecule has 1 saturated heterocycles. The van der Waals surface area contributed by atoms with E-state index in [1.54, 1.807) is 23.9 Å². The number of aromatic nitrogens is 7. The van der Waals surface area contributed by atoms with E-state index in [0.29, 0.717) is 35.7 Å². The summed E-state index contributed by atoms with van der Waals surface area (Å²) >= 11 is 0. The predicted octanol–water partition coefficient (Wildman–Crippen LogP) is 3.65. The molecule has 6 rings (SSSR count). The second kappa shape index (κ2) is 12.1. The number of hydrogen-bond donors (Lipinski definition) is 1. The number of carbonyl (C=O) groups is 1. The maximum Gasteiger partial charge on any atom is 0.416 e. The van der Waals surface area contributed by atoms with E-state index in [1.807, 2.05) is 31.3 Å². The number of likely N-dealkylation sites (N-methyl/N-ethyl adjacent to an activating group) is 1. The number of aryl methyl sites for hydroxylation is 2. The van der Waals surface area contributed by atoms with Gasteiger partial charge in [0.05, 0.1) is 28.7 Å². The van der Waals surface area contributed by atoms with Crippen LogP contribution in [0.25, 0.3) is 16.9 Å². The average Bonchev–Trinajstić information content (AvgIpc) is 3.63. The van der Waals surface area contributed by atoms with E-state index in [0.717, 1.165) is 24.7 Å². The molecule has 0 unspecified atom stereocenters. The Hall–Kier alpha value is -5.13. The maximum absolute atomic E-state index is 14.0. The number of rotatable bonds is 5. The number of fused-ring (bicyclic) bond motifs is 1. The van der Waals surface area contributed by atoms with Gasteiger partial charge in [-0.2, -0.15) is 27.9 Å². The number of carbonyl (C=O) groups excluding carboxylic acids is 1. The number of piperazine rings is 1. The minimum absolute atomic E-state index is 0.0353. The van der Waals surface area contributed by atoms with E-state index in [-0.39, 0.29) is 29.2 Å². The molecular formula is C31H29F3N10O. The van der Waals surface area contributed by atoms with E-state index in [2.05, 4.69) is 47.4 Å². The number of amides is 1. The molecule has 0 spiro atoms. The zero-order valence-corrected chi connectivity index (χ0v) is 24.8. The number of nitrogens with one attached hydrogen (secondary N) is 1. The van der Waals surface area contributed by atoms with Gasteiger partial charge < -0.3 is 10.2 Å². The number of nitrogens with zero attached hydrogens (tertiary/aromatic N) is 9. The second-order valence-corrected chi connectivity index (χ2v) is 10.9. The number of pyridine rings is 1. The van der Waals surface area contributed by atoms with Gasteiger partial charge in [-0.15, -0.1) is 10.2 Å². The van der Waals surface area contributed by atoms with E-state index in [4.69, 9.17) is 0 Å². The van der Waals surface area contributed by atoms with Gasteiger partial charge in [0, 0.05) is 69.0 Å². The van der Waals surface area contributed by atoms with Crippen LogP contribution in [-0.2, 0) is 19.8 Å². The van der Waals surface area contributed by atoms with E-state index >= 15 is 0 Å². The molecule has 14 heteroatoms. The van der Waals surface area contributed by atoms with Gasteiger partial charge >= 0.3 is 6.18 Å². The van der Waals surface area contributed by atoms with Crippen molar-refractivity contribution in [3.8, 4) is 23.1 Å². The zero-order valence-electron chi connectivity index (χ0n) is 24.8. The lowest BCUT2D eigenvalue weighted by molar-refractivity contribution is -0.138. The third kappa shape index (κ3) is 6.69. The van der Waals surface area contributed by atoms with Crippen LogP contribution in [0.15, 0.2) is 55.0 Å². The van der Waals surface area contributed by atoms with Crippen LogP contribution in [0.3, 0.4) is 0 Å². The molecule has 1 aliphatic heterocycles. The van der Waals surface area contributed by atoms with Crippen molar-refractivity contribution in [2.75, 3.05) is 38.5 Å². The van der Waals surface area contributed by atoms with Crippen LogP contribution >= 0.6 is 0 Å². The highest BCUT2D eigenvalue weighted by Gasteiger charge is 2.34. The molecule has 0 saturated carbocycles. The summed E-state index contributed by atoms with van der Waals surface area (Å²) in [7, 11) is 3.80. The molecule has 1 aromatic carbocycles. The molecule has 4 aromatic heterocycles. The van der Waals surface area contributed by atoms with Crippen LogP contribution in [0.4, 0.5) is 18.9 Å². The highest BCUT2D eigenvalue weighted by Crippen LogP contribution is 2.34. The van der Waals surface area contributed by atoms with Gasteiger partial charge in [0.25, 0.3) is 5.91 Å². The average molecular weight is 615 g/mol. The molecule has 11 nitrogen and oxygen atoms in total. The standard InChI is InChI=1S/C31H29F3N10O/c1-20-21(5-8-28-38-39-29-9-7-27(40-44(28)29)24-17-36-42(3)18-24)14-23(16-35-20)30(45)37-25-6-4-22(26(15-25)31(32,33)34)19-43-12-10-41(2)11-13-43/h4,6-7,9,14-18H,10-13,19H2,1-3H3,(H,37,45). The van der Waals surface area contributed by atoms with Gasteiger partial charge in [-0.1, -0.05) is 12.0 Å². The lowest BCUT2D eigenvalue weighted by atomic mass is 10.0. The summed E-state index contributed by atoms with van der Waals surface area (Å²) in [5.74, 6) is 5.59. The minimum atomic E-state index is -4.57. The van der Waals surface area contributed by atoms with Crippen LogP contribution in [0.1, 0.15) is 38.6 Å². The van der Waals surface area contributed by atoms with Crippen LogP contribution in [0, 0.1) is 18.8 Å². The first kappa shape index (κ1) is 29.9. The first-order valence-corrected chi connectivity index (χ1v) is 14.2. The van der Waals surface area contributed by atoms with Crippen molar-refractivity contribution < 1.29 is 18.0 Å². The Balaban J connectivity index is 1.22. The molecule has 5 heterocycles. The van der Waals surface area contributed by atoms with Crippen molar-refractivity contribution in [1.29, 1.82) is 0 Å². The molecule has 0 radical (unpaired) electrons.